The van der Waals surface area contributed by atoms with Crippen LogP contribution < -0.4 is 10.2 Å². The highest BCUT2D eigenvalue weighted by molar-refractivity contribution is 6.53. The minimum atomic E-state index is -0.695. The van der Waals surface area contributed by atoms with Gasteiger partial charge >= 0.3 is 5.97 Å². The molecule has 9 heteroatoms. The Kier molecular flexibility index (Phi) is 6.50. The minimum Gasteiger partial charge on any atom is -0.465 e. The van der Waals surface area contributed by atoms with Gasteiger partial charge in [-0.3, -0.25) is 14.4 Å². The molecule has 2 aliphatic heterocycles. The summed E-state index contributed by atoms with van der Waals surface area (Å²) in [5.41, 5.74) is 3.71. The zero-order valence-corrected chi connectivity index (χ0v) is 20.6. The van der Waals surface area contributed by atoms with Gasteiger partial charge in [0, 0.05) is 24.3 Å². The molecule has 37 heavy (non-hydrogen) atoms. The molecule has 8 nitrogen and oxygen atoms in total. The molecule has 0 radical (unpaired) electrons. The van der Waals surface area contributed by atoms with Crippen molar-refractivity contribution in [3.63, 3.8) is 0 Å². The van der Waals surface area contributed by atoms with Crippen molar-refractivity contribution in [2.24, 2.45) is 0 Å². The van der Waals surface area contributed by atoms with Crippen molar-refractivity contribution in [3.8, 4) is 0 Å². The van der Waals surface area contributed by atoms with Gasteiger partial charge in [0.05, 0.1) is 18.4 Å². The quantitative estimate of drug-likeness (QED) is 0.406. The molecule has 0 aliphatic carbocycles. The number of nitrogens with zero attached hydrogens (tertiary/aromatic N) is 2. The zero-order valence-electron chi connectivity index (χ0n) is 19.9. The van der Waals surface area contributed by atoms with Crippen LogP contribution in [-0.2, 0) is 27.3 Å². The van der Waals surface area contributed by atoms with Crippen LogP contribution in [0, 0.1) is 0 Å². The van der Waals surface area contributed by atoms with E-state index in [2.05, 4.69) is 16.1 Å². The first kappa shape index (κ1) is 24.3. The van der Waals surface area contributed by atoms with Crippen molar-refractivity contribution in [3.05, 3.63) is 106 Å². The maximum Gasteiger partial charge on any atom is 0.337 e. The van der Waals surface area contributed by atoms with E-state index in [0.29, 0.717) is 24.3 Å². The Morgan fingerprint density at radius 3 is 2.35 bits per heavy atom. The average molecular weight is 516 g/mol. The molecule has 0 spiro atoms. The third-order valence-corrected chi connectivity index (χ3v) is 6.72. The molecule has 3 amide bonds. The highest BCUT2D eigenvalue weighted by Crippen LogP contribution is 2.31. The third kappa shape index (κ3) is 4.59. The van der Waals surface area contributed by atoms with E-state index in [1.807, 2.05) is 18.2 Å². The van der Waals surface area contributed by atoms with Gasteiger partial charge in [-0.05, 0) is 60.0 Å². The van der Waals surface area contributed by atoms with Gasteiger partial charge < -0.3 is 15.0 Å². The number of halogens is 1. The molecule has 5 rings (SSSR count). The second kappa shape index (κ2) is 9.91. The molecule has 1 N–H and O–H groups in total. The van der Waals surface area contributed by atoms with Crippen LogP contribution in [0.2, 0.25) is 0 Å². The maximum atomic E-state index is 13.2. The molecule has 0 aromatic heterocycles. The number of nitrogens with one attached hydrogen (secondary N) is 1. The number of fused-ring (bicyclic) bond motifs is 1. The van der Waals surface area contributed by atoms with Crippen LogP contribution in [0.25, 0.3) is 0 Å². The Morgan fingerprint density at radius 1 is 0.892 bits per heavy atom. The van der Waals surface area contributed by atoms with Crippen LogP contribution in [-0.4, -0.2) is 42.2 Å². The number of benzene rings is 3. The first-order chi connectivity index (χ1) is 17.9. The summed E-state index contributed by atoms with van der Waals surface area (Å²) in [6.07, 6.45) is 0.787. The van der Waals surface area contributed by atoms with Gasteiger partial charge in [-0.2, -0.15) is 0 Å². The molecule has 0 bridgehead atoms. The van der Waals surface area contributed by atoms with Gasteiger partial charge in [0.25, 0.3) is 17.7 Å². The van der Waals surface area contributed by atoms with E-state index in [4.69, 9.17) is 11.6 Å². The summed E-state index contributed by atoms with van der Waals surface area (Å²) < 4.78 is 4.67. The number of imide groups is 1. The first-order valence-electron chi connectivity index (χ1n) is 11.6. The largest absolute Gasteiger partial charge is 0.465 e. The fourth-order valence-electron chi connectivity index (χ4n) is 4.44. The average Bonchev–Trinajstić information content (AvgIpc) is 3.15. The summed E-state index contributed by atoms with van der Waals surface area (Å²) in [5.74, 6) is -2.00. The molecule has 3 aromatic rings. The second-order valence-electron chi connectivity index (χ2n) is 8.62. The van der Waals surface area contributed by atoms with Gasteiger partial charge in [0.15, 0.2) is 0 Å². The summed E-state index contributed by atoms with van der Waals surface area (Å²) in [7, 11) is 1.26. The predicted octanol–water partition coefficient (Wildman–Crippen LogP) is 4.11. The number of carbonyl (C=O) groups excluding carboxylic acids is 4. The lowest BCUT2D eigenvalue weighted by molar-refractivity contribution is -0.120. The number of amides is 3. The number of hydrogen-bond acceptors (Lipinski definition) is 6. The molecule has 0 atom stereocenters. The molecular weight excluding hydrogens is 494 g/mol. The summed E-state index contributed by atoms with van der Waals surface area (Å²) in [6, 6.07) is 20.6. The molecule has 2 aliphatic rings. The van der Waals surface area contributed by atoms with Crippen LogP contribution >= 0.6 is 11.6 Å². The van der Waals surface area contributed by atoms with E-state index in [9.17, 15) is 19.2 Å². The lowest BCUT2D eigenvalue weighted by Crippen LogP contribution is -2.36. The van der Waals surface area contributed by atoms with Gasteiger partial charge in [-0.1, -0.05) is 41.9 Å². The number of hydrogen-bond donors (Lipinski definition) is 1. The minimum absolute atomic E-state index is 0.0970. The third-order valence-electron chi connectivity index (χ3n) is 6.37. The monoisotopic (exact) mass is 515 g/mol. The molecule has 0 saturated heterocycles. The van der Waals surface area contributed by atoms with Crippen LogP contribution in [0.5, 0.6) is 0 Å². The van der Waals surface area contributed by atoms with E-state index in [1.54, 1.807) is 29.2 Å². The van der Waals surface area contributed by atoms with Gasteiger partial charge in [-0.25, -0.2) is 9.69 Å². The number of rotatable bonds is 5. The number of esters is 1. The van der Waals surface area contributed by atoms with Gasteiger partial charge in [0.1, 0.15) is 10.7 Å². The van der Waals surface area contributed by atoms with Gasteiger partial charge in [-0.15, -0.1) is 0 Å². The van der Waals surface area contributed by atoms with E-state index in [-0.39, 0.29) is 27.9 Å². The smallest absolute Gasteiger partial charge is 0.337 e. The Labute approximate surface area is 218 Å². The number of ether oxygens (including phenoxy) is 1. The molecule has 0 fully saturated rings. The van der Waals surface area contributed by atoms with Crippen molar-refractivity contribution in [1.29, 1.82) is 0 Å². The fraction of sp³-hybridized carbons (Fsp3) is 0.143. The first-order valence-corrected chi connectivity index (χ1v) is 11.9. The molecule has 3 aromatic carbocycles. The molecule has 2 heterocycles. The molecule has 0 saturated carbocycles. The molecular formula is C28H22ClN3O5. The Hall–Kier alpha value is -4.43. The lowest BCUT2D eigenvalue weighted by Gasteiger charge is -2.29. The molecule has 0 unspecified atom stereocenters. The van der Waals surface area contributed by atoms with Crippen LogP contribution in [0.3, 0.4) is 0 Å². The summed E-state index contributed by atoms with van der Waals surface area (Å²) in [4.78, 5) is 53.5. The Morgan fingerprint density at radius 2 is 1.62 bits per heavy atom. The topological polar surface area (TPSA) is 96.0 Å². The Balaban J connectivity index is 1.33. The van der Waals surface area contributed by atoms with E-state index in [1.165, 1.54) is 36.9 Å². The number of carbonyl (C=O) groups is 4. The maximum absolute atomic E-state index is 13.2. The molecule has 186 valence electrons. The zero-order chi connectivity index (χ0) is 26.1. The predicted molar refractivity (Wildman–Crippen MR) is 138 cm³/mol. The van der Waals surface area contributed by atoms with Crippen LogP contribution in [0.4, 0.5) is 11.4 Å². The standard InChI is InChI=1S/C28H22ClN3O5/c1-37-28(36)18-9-11-22(12-10-18)32-26(34)23(29)24(27(32)35)30-21-8-4-7-19(15-21)25(33)31-14-13-17-5-2-3-6-20(17)16-31/h2-12,15,30H,13-14,16H2,1H3. The highest BCUT2D eigenvalue weighted by Gasteiger charge is 2.39. The fourth-order valence-corrected chi connectivity index (χ4v) is 4.65. The van der Waals surface area contributed by atoms with Crippen LogP contribution in [0.1, 0.15) is 31.8 Å². The SMILES string of the molecule is COC(=O)c1ccc(N2C(=O)C(Cl)=C(Nc3cccc(C(=O)N4CCc5ccccc5C4)c3)C2=O)cc1. The lowest BCUT2D eigenvalue weighted by atomic mass is 9.99. The highest BCUT2D eigenvalue weighted by atomic mass is 35.5. The van der Waals surface area contributed by atoms with Crippen LogP contribution in [0.15, 0.2) is 83.5 Å². The van der Waals surface area contributed by atoms with Crippen molar-refractivity contribution < 1.29 is 23.9 Å². The van der Waals surface area contributed by atoms with Crippen molar-refractivity contribution in [1.82, 2.24) is 4.90 Å². The van der Waals surface area contributed by atoms with Crippen molar-refractivity contribution in [2.45, 2.75) is 13.0 Å². The number of anilines is 2. The van der Waals surface area contributed by atoms with Crippen molar-refractivity contribution in [2.75, 3.05) is 23.9 Å². The summed E-state index contributed by atoms with van der Waals surface area (Å²) in [5, 5.41) is 2.64. The summed E-state index contributed by atoms with van der Waals surface area (Å²) in [6.45, 7) is 1.14. The van der Waals surface area contributed by atoms with Gasteiger partial charge in [0.2, 0.25) is 0 Å². The van der Waals surface area contributed by atoms with E-state index >= 15 is 0 Å². The van der Waals surface area contributed by atoms with E-state index in [0.717, 1.165) is 16.9 Å². The second-order valence-corrected chi connectivity index (χ2v) is 9.00. The van der Waals surface area contributed by atoms with Crippen molar-refractivity contribution >= 4 is 46.7 Å². The normalized spacial score (nSPS) is 15.1. The summed E-state index contributed by atoms with van der Waals surface area (Å²) >= 11 is 6.25. The van der Waals surface area contributed by atoms with E-state index < -0.39 is 17.8 Å². The number of methoxy groups -OCH3 is 1. The Bertz CT molecular complexity index is 1460.